The number of allylic oxidation sites excluding steroid dienone is 6. The molecule has 180 valence electrons. The quantitative estimate of drug-likeness (QED) is 0.208. The van der Waals surface area contributed by atoms with Gasteiger partial charge in [0.15, 0.2) is 0 Å². The second-order valence-corrected chi connectivity index (χ2v) is 8.92. The highest BCUT2D eigenvalue weighted by Gasteiger charge is 2.27. The number of methoxy groups -OCH3 is 1. The summed E-state index contributed by atoms with van der Waals surface area (Å²) in [6.45, 7) is 14.4. The highest BCUT2D eigenvalue weighted by atomic mass is 32.1. The molecule has 31 heavy (non-hydrogen) atoms. The van der Waals surface area contributed by atoms with Crippen molar-refractivity contribution in [3.63, 3.8) is 0 Å². The van der Waals surface area contributed by atoms with Gasteiger partial charge in [0.2, 0.25) is 0 Å². The van der Waals surface area contributed by atoms with Crippen molar-refractivity contribution in [1.29, 1.82) is 0 Å². The van der Waals surface area contributed by atoms with E-state index in [1.165, 1.54) is 23.8 Å². The van der Waals surface area contributed by atoms with E-state index in [-0.39, 0.29) is 43.9 Å². The normalized spacial score (nSPS) is 13.8. The van der Waals surface area contributed by atoms with Crippen LogP contribution in [0.5, 0.6) is 0 Å². The van der Waals surface area contributed by atoms with Crippen LogP contribution in [0.25, 0.3) is 0 Å². The van der Waals surface area contributed by atoms with Gasteiger partial charge >= 0.3 is 11.9 Å². The Balaban J connectivity index is 0. The maximum absolute atomic E-state index is 12.1. The maximum atomic E-state index is 12.1. The first-order chi connectivity index (χ1) is 14.1. The Hall–Kier alpha value is -1.49. The average Bonchev–Trinajstić information content (AvgIpc) is 2.64. The van der Waals surface area contributed by atoms with E-state index in [2.05, 4.69) is 45.9 Å². The predicted octanol–water partition coefficient (Wildman–Crippen LogP) is 7.07. The molecule has 0 bridgehead atoms. The molecular formula is C26H46O4S. The minimum absolute atomic E-state index is 0. The molecule has 0 fully saturated rings. The first-order valence-corrected chi connectivity index (χ1v) is 11.3. The molecule has 0 rings (SSSR count). The van der Waals surface area contributed by atoms with Gasteiger partial charge in [-0.25, -0.2) is 0 Å². The lowest BCUT2D eigenvalue weighted by molar-refractivity contribution is -0.157. The molecule has 0 heterocycles. The smallest absolute Gasteiger partial charge is 0.309 e. The van der Waals surface area contributed by atoms with Crippen molar-refractivity contribution in [3.05, 3.63) is 34.9 Å². The van der Waals surface area contributed by atoms with Crippen molar-refractivity contribution < 1.29 is 19.1 Å². The Kier molecular flexibility index (Phi) is 18.5. The van der Waals surface area contributed by atoms with Gasteiger partial charge in [0.1, 0.15) is 0 Å². The minimum atomic E-state index is -0.449. The summed E-state index contributed by atoms with van der Waals surface area (Å²) < 4.78 is 10.3. The topological polar surface area (TPSA) is 52.6 Å². The number of hydrogen-bond donors (Lipinski definition) is 0. The molecule has 0 N–H and O–H groups in total. The largest absolute Gasteiger partial charge is 0.469 e. The summed E-state index contributed by atoms with van der Waals surface area (Å²) in [6, 6.07) is 0. The van der Waals surface area contributed by atoms with Crippen LogP contribution in [0.2, 0.25) is 0 Å². The van der Waals surface area contributed by atoms with Gasteiger partial charge in [-0.15, -0.1) is 0 Å². The number of esters is 2. The average molecular weight is 455 g/mol. The van der Waals surface area contributed by atoms with Gasteiger partial charge in [0.05, 0.1) is 25.6 Å². The van der Waals surface area contributed by atoms with Crippen LogP contribution in [0.15, 0.2) is 34.9 Å². The molecule has 0 aliphatic carbocycles. The van der Waals surface area contributed by atoms with Gasteiger partial charge < -0.3 is 9.47 Å². The summed E-state index contributed by atoms with van der Waals surface area (Å²) in [6.07, 6.45) is 12.8. The van der Waals surface area contributed by atoms with Crippen molar-refractivity contribution >= 4 is 25.4 Å². The summed E-state index contributed by atoms with van der Waals surface area (Å²) in [7, 11) is 1.35. The standard InChI is InChI=1S/C26H44O4.H2S/c1-19(2)12-9-13-21(5)14-10-15-22(6)16-11-17-23(7)30-25(27)18-24(20(3)4)26(28)29-8;/h12,14,16,20,23-24H,9-11,13,15,17-18H2,1-8H3;1H2/b21-14+,22-16+;. The van der Waals surface area contributed by atoms with Crippen molar-refractivity contribution in [2.75, 3.05) is 7.11 Å². The number of hydrogen-bond acceptors (Lipinski definition) is 4. The molecule has 2 unspecified atom stereocenters. The highest BCUT2D eigenvalue weighted by Crippen LogP contribution is 2.19. The molecule has 5 heteroatoms. The van der Waals surface area contributed by atoms with Gasteiger partial charge in [0.25, 0.3) is 0 Å². The van der Waals surface area contributed by atoms with E-state index >= 15 is 0 Å². The Bertz CT molecular complexity index is 613. The summed E-state index contributed by atoms with van der Waals surface area (Å²) in [5, 5.41) is 0. The number of rotatable bonds is 14. The third-order valence-electron chi connectivity index (χ3n) is 5.22. The predicted molar refractivity (Wildman–Crippen MR) is 136 cm³/mol. The lowest BCUT2D eigenvalue weighted by Crippen LogP contribution is -2.27. The van der Waals surface area contributed by atoms with Gasteiger partial charge in [-0.1, -0.05) is 48.8 Å². The number of carbonyl (C=O) groups excluding carboxylic acids is 2. The second kappa shape index (κ2) is 18.1. The first-order valence-electron chi connectivity index (χ1n) is 11.3. The van der Waals surface area contributed by atoms with E-state index < -0.39 is 5.92 Å². The summed E-state index contributed by atoms with van der Waals surface area (Å²) >= 11 is 0. The van der Waals surface area contributed by atoms with Crippen LogP contribution in [0.4, 0.5) is 0 Å². The van der Waals surface area contributed by atoms with E-state index in [1.54, 1.807) is 0 Å². The Labute approximate surface area is 198 Å². The fourth-order valence-electron chi connectivity index (χ4n) is 3.16. The first kappa shape index (κ1) is 31.7. The summed E-state index contributed by atoms with van der Waals surface area (Å²) in [4.78, 5) is 23.9. The molecule has 2 atom stereocenters. The molecule has 0 radical (unpaired) electrons. The van der Waals surface area contributed by atoms with Crippen LogP contribution in [-0.2, 0) is 19.1 Å². The fraction of sp³-hybridized carbons (Fsp3) is 0.692. The molecule has 0 aliphatic rings. The van der Waals surface area contributed by atoms with Crippen LogP contribution in [-0.4, -0.2) is 25.2 Å². The number of ether oxygens (including phenoxy) is 2. The van der Waals surface area contributed by atoms with Crippen LogP contribution >= 0.6 is 13.5 Å². The molecule has 0 aromatic heterocycles. The zero-order valence-electron chi connectivity index (χ0n) is 21.0. The zero-order valence-corrected chi connectivity index (χ0v) is 22.0. The Morgan fingerprint density at radius 3 is 1.84 bits per heavy atom. The van der Waals surface area contributed by atoms with Crippen LogP contribution in [0, 0.1) is 11.8 Å². The lowest BCUT2D eigenvalue weighted by atomic mass is 9.93. The van der Waals surface area contributed by atoms with Gasteiger partial charge in [-0.3, -0.25) is 9.59 Å². The molecule has 0 saturated carbocycles. The maximum Gasteiger partial charge on any atom is 0.309 e. The van der Waals surface area contributed by atoms with E-state index in [4.69, 9.17) is 9.47 Å². The fourth-order valence-corrected chi connectivity index (χ4v) is 3.16. The van der Waals surface area contributed by atoms with Crippen LogP contribution < -0.4 is 0 Å². The highest BCUT2D eigenvalue weighted by molar-refractivity contribution is 7.59. The van der Waals surface area contributed by atoms with Crippen LogP contribution in [0.3, 0.4) is 0 Å². The molecule has 0 aromatic carbocycles. The molecule has 0 aromatic rings. The Morgan fingerprint density at radius 1 is 0.839 bits per heavy atom. The lowest BCUT2D eigenvalue weighted by Gasteiger charge is -2.19. The molecule has 0 saturated heterocycles. The summed E-state index contributed by atoms with van der Waals surface area (Å²) in [5.41, 5.74) is 4.20. The zero-order chi connectivity index (χ0) is 23.1. The van der Waals surface area contributed by atoms with E-state index in [1.807, 2.05) is 20.8 Å². The van der Waals surface area contributed by atoms with Gasteiger partial charge in [-0.05, 0) is 79.1 Å². The van der Waals surface area contributed by atoms with Crippen molar-refractivity contribution in [3.8, 4) is 0 Å². The van der Waals surface area contributed by atoms with Crippen molar-refractivity contribution in [1.82, 2.24) is 0 Å². The van der Waals surface area contributed by atoms with E-state index in [0.717, 1.165) is 38.5 Å². The number of carbonyl (C=O) groups is 2. The van der Waals surface area contributed by atoms with Gasteiger partial charge in [0, 0.05) is 0 Å². The Morgan fingerprint density at radius 2 is 1.35 bits per heavy atom. The van der Waals surface area contributed by atoms with Crippen molar-refractivity contribution in [2.24, 2.45) is 11.8 Å². The second-order valence-electron chi connectivity index (χ2n) is 8.92. The van der Waals surface area contributed by atoms with Crippen LogP contribution in [0.1, 0.15) is 93.4 Å². The third kappa shape index (κ3) is 16.8. The van der Waals surface area contributed by atoms with E-state index in [0.29, 0.717) is 0 Å². The van der Waals surface area contributed by atoms with E-state index in [9.17, 15) is 9.59 Å². The molecule has 0 amide bonds. The molecule has 0 aliphatic heterocycles. The van der Waals surface area contributed by atoms with Crippen molar-refractivity contribution in [2.45, 2.75) is 99.5 Å². The molecular weight excluding hydrogens is 408 g/mol. The molecule has 4 nitrogen and oxygen atoms in total. The minimum Gasteiger partial charge on any atom is -0.469 e. The van der Waals surface area contributed by atoms with Gasteiger partial charge in [-0.2, -0.15) is 13.5 Å². The SMILES string of the molecule is COC(=O)C(CC(=O)OC(C)CC/C=C(\C)CC/C=C(\C)CCC=C(C)C)C(C)C.S. The monoisotopic (exact) mass is 454 g/mol. The summed E-state index contributed by atoms with van der Waals surface area (Å²) in [5.74, 6) is -1.10. The third-order valence-corrected chi connectivity index (χ3v) is 5.22. The molecule has 0 spiro atoms.